The molecule has 104 valence electrons. The van der Waals surface area contributed by atoms with Crippen molar-refractivity contribution < 1.29 is 4.42 Å². The predicted molar refractivity (Wildman–Crippen MR) is 74.7 cm³/mol. The second kappa shape index (κ2) is 4.26. The first-order chi connectivity index (χ1) is 9.24. The van der Waals surface area contributed by atoms with Crippen LogP contribution in [0.1, 0.15) is 63.0 Å². The molecule has 4 aliphatic rings. The molecule has 0 spiro atoms. The summed E-state index contributed by atoms with van der Waals surface area (Å²) < 4.78 is 6.04. The Labute approximate surface area is 115 Å². The number of anilines is 1. The monoisotopic (exact) mass is 260 g/mol. The first-order valence-corrected chi connectivity index (χ1v) is 7.99. The summed E-state index contributed by atoms with van der Waals surface area (Å²) in [7, 11) is 0. The Bertz CT molecular complexity index is 451. The predicted octanol–water partition coefficient (Wildman–Crippen LogP) is 3.75. The van der Waals surface area contributed by atoms with Crippen molar-refractivity contribution in [3.8, 4) is 0 Å². The van der Waals surface area contributed by atoms with E-state index in [-0.39, 0.29) is 0 Å². The molecule has 1 heterocycles. The van der Waals surface area contributed by atoms with Crippen molar-refractivity contribution in [1.29, 1.82) is 0 Å². The zero-order valence-corrected chi connectivity index (χ0v) is 11.8. The van der Waals surface area contributed by atoms with E-state index in [2.05, 4.69) is 11.9 Å². The van der Waals surface area contributed by atoms with E-state index in [0.717, 1.165) is 48.2 Å². The van der Waals surface area contributed by atoms with Crippen molar-refractivity contribution in [2.45, 2.75) is 57.8 Å². The summed E-state index contributed by atoms with van der Waals surface area (Å²) in [5, 5.41) is 0. The van der Waals surface area contributed by atoms with Gasteiger partial charge in [0.1, 0.15) is 0 Å². The number of hydrogen-bond acceptors (Lipinski definition) is 3. The molecule has 4 saturated carbocycles. The molecule has 0 aliphatic heterocycles. The van der Waals surface area contributed by atoms with E-state index in [9.17, 15) is 0 Å². The van der Waals surface area contributed by atoms with E-state index >= 15 is 0 Å². The number of rotatable bonds is 3. The first kappa shape index (κ1) is 11.8. The molecule has 1 aromatic heterocycles. The van der Waals surface area contributed by atoms with Gasteiger partial charge in [-0.3, -0.25) is 0 Å². The standard InChI is InChI=1S/C16H24N2O/c1-2-3-13-18-16(17)15(19-13)14-11-5-9-4-10(7-11)8-12(14)6-9/h9-12,14H,2-8,17H2,1H3. The van der Waals surface area contributed by atoms with Gasteiger partial charge in [0.15, 0.2) is 17.5 Å². The Balaban J connectivity index is 1.65. The molecule has 1 aromatic rings. The zero-order chi connectivity index (χ0) is 13.0. The number of nitrogen functional groups attached to an aromatic ring is 1. The summed E-state index contributed by atoms with van der Waals surface area (Å²) in [5.41, 5.74) is 6.15. The van der Waals surface area contributed by atoms with Gasteiger partial charge in [-0.15, -0.1) is 0 Å². The molecule has 4 fully saturated rings. The van der Waals surface area contributed by atoms with Gasteiger partial charge < -0.3 is 10.2 Å². The average Bonchev–Trinajstić information content (AvgIpc) is 2.69. The molecule has 3 heteroatoms. The lowest BCUT2D eigenvalue weighted by Gasteiger charge is -2.53. The number of nitrogens with two attached hydrogens (primary N) is 1. The van der Waals surface area contributed by atoms with E-state index in [1.165, 1.54) is 32.1 Å². The van der Waals surface area contributed by atoms with E-state index in [4.69, 9.17) is 10.2 Å². The van der Waals surface area contributed by atoms with Gasteiger partial charge in [-0.2, -0.15) is 4.98 Å². The van der Waals surface area contributed by atoms with Crippen LogP contribution in [0.3, 0.4) is 0 Å². The minimum Gasteiger partial charge on any atom is -0.443 e. The molecular formula is C16H24N2O. The maximum absolute atomic E-state index is 6.15. The summed E-state index contributed by atoms with van der Waals surface area (Å²) in [6.45, 7) is 2.16. The second-order valence-electron chi connectivity index (χ2n) is 7.06. The van der Waals surface area contributed by atoms with Crippen LogP contribution in [0.2, 0.25) is 0 Å². The molecule has 0 saturated heterocycles. The smallest absolute Gasteiger partial charge is 0.196 e. The number of aryl methyl sites for hydroxylation is 1. The third-order valence-corrected chi connectivity index (χ3v) is 5.72. The van der Waals surface area contributed by atoms with Crippen LogP contribution in [0.4, 0.5) is 5.82 Å². The lowest BCUT2D eigenvalue weighted by Crippen LogP contribution is -2.43. The van der Waals surface area contributed by atoms with Crippen LogP contribution in [0.15, 0.2) is 4.42 Å². The van der Waals surface area contributed by atoms with E-state index in [1.54, 1.807) is 0 Å². The SMILES string of the molecule is CCCc1nc(N)c(C2C3CC4CC(C3)CC2C4)o1. The molecule has 0 amide bonds. The van der Waals surface area contributed by atoms with Gasteiger partial charge in [-0.1, -0.05) is 6.92 Å². The van der Waals surface area contributed by atoms with Crippen LogP contribution in [-0.2, 0) is 6.42 Å². The normalized spacial score (nSPS) is 39.9. The van der Waals surface area contributed by atoms with Gasteiger partial charge >= 0.3 is 0 Å². The van der Waals surface area contributed by atoms with Crippen molar-refractivity contribution in [2.24, 2.45) is 23.7 Å². The Morgan fingerprint density at radius 2 is 1.74 bits per heavy atom. The lowest BCUT2D eigenvalue weighted by atomic mass is 9.51. The summed E-state index contributed by atoms with van der Waals surface area (Å²) in [6, 6.07) is 0. The van der Waals surface area contributed by atoms with Crippen LogP contribution in [0.5, 0.6) is 0 Å². The van der Waals surface area contributed by atoms with Gasteiger partial charge in [-0.25, -0.2) is 0 Å². The first-order valence-electron chi connectivity index (χ1n) is 7.99. The van der Waals surface area contributed by atoms with Crippen LogP contribution in [0, 0.1) is 23.7 Å². The van der Waals surface area contributed by atoms with Crippen molar-refractivity contribution >= 4 is 5.82 Å². The number of oxazole rings is 1. The Morgan fingerprint density at radius 1 is 1.11 bits per heavy atom. The maximum Gasteiger partial charge on any atom is 0.196 e. The molecule has 3 nitrogen and oxygen atoms in total. The van der Waals surface area contributed by atoms with Crippen LogP contribution in [0.25, 0.3) is 0 Å². The van der Waals surface area contributed by atoms with Crippen LogP contribution < -0.4 is 5.73 Å². The number of nitrogens with zero attached hydrogens (tertiary/aromatic N) is 1. The Hall–Kier alpha value is -0.990. The lowest BCUT2D eigenvalue weighted by molar-refractivity contribution is -0.00961. The average molecular weight is 260 g/mol. The van der Waals surface area contributed by atoms with E-state index in [0.29, 0.717) is 11.7 Å². The van der Waals surface area contributed by atoms with Crippen LogP contribution in [-0.4, -0.2) is 4.98 Å². The Kier molecular flexibility index (Phi) is 2.64. The summed E-state index contributed by atoms with van der Waals surface area (Å²) in [5.74, 6) is 6.78. The maximum atomic E-state index is 6.15. The second-order valence-corrected chi connectivity index (χ2v) is 7.06. The van der Waals surface area contributed by atoms with E-state index < -0.39 is 0 Å². The molecule has 0 unspecified atom stereocenters. The molecule has 4 aliphatic carbocycles. The summed E-state index contributed by atoms with van der Waals surface area (Å²) in [6.07, 6.45) is 9.09. The van der Waals surface area contributed by atoms with Gasteiger partial charge in [0.2, 0.25) is 0 Å². The zero-order valence-electron chi connectivity index (χ0n) is 11.8. The highest BCUT2D eigenvalue weighted by Gasteiger charge is 2.50. The Morgan fingerprint density at radius 3 is 2.32 bits per heavy atom. The van der Waals surface area contributed by atoms with Gasteiger partial charge in [-0.05, 0) is 62.2 Å². The van der Waals surface area contributed by atoms with Gasteiger partial charge in [0.05, 0.1) is 0 Å². The van der Waals surface area contributed by atoms with Crippen molar-refractivity contribution in [2.75, 3.05) is 5.73 Å². The molecule has 0 atom stereocenters. The highest BCUT2D eigenvalue weighted by atomic mass is 16.4. The summed E-state index contributed by atoms with van der Waals surface area (Å²) in [4.78, 5) is 4.44. The molecule has 5 rings (SSSR count). The van der Waals surface area contributed by atoms with Gasteiger partial charge in [0, 0.05) is 12.3 Å². The van der Waals surface area contributed by atoms with Crippen molar-refractivity contribution in [1.82, 2.24) is 4.98 Å². The molecule has 0 radical (unpaired) electrons. The van der Waals surface area contributed by atoms with Crippen LogP contribution >= 0.6 is 0 Å². The molecule has 4 bridgehead atoms. The number of hydrogen-bond donors (Lipinski definition) is 1. The highest BCUT2D eigenvalue weighted by Crippen LogP contribution is 2.60. The van der Waals surface area contributed by atoms with Crippen molar-refractivity contribution in [3.05, 3.63) is 11.7 Å². The third-order valence-electron chi connectivity index (χ3n) is 5.72. The highest BCUT2D eigenvalue weighted by molar-refractivity contribution is 5.37. The fourth-order valence-electron chi connectivity index (χ4n) is 5.30. The molecule has 2 N–H and O–H groups in total. The quantitative estimate of drug-likeness (QED) is 0.900. The van der Waals surface area contributed by atoms with Gasteiger partial charge in [0.25, 0.3) is 0 Å². The molecule has 0 aromatic carbocycles. The molecular weight excluding hydrogens is 236 g/mol. The fourth-order valence-corrected chi connectivity index (χ4v) is 5.30. The minimum atomic E-state index is 0.575. The summed E-state index contributed by atoms with van der Waals surface area (Å²) >= 11 is 0. The minimum absolute atomic E-state index is 0.575. The number of aromatic nitrogens is 1. The molecule has 19 heavy (non-hydrogen) atoms. The van der Waals surface area contributed by atoms with E-state index in [1.807, 2.05) is 0 Å². The third kappa shape index (κ3) is 1.81. The largest absolute Gasteiger partial charge is 0.443 e. The van der Waals surface area contributed by atoms with Crippen molar-refractivity contribution in [3.63, 3.8) is 0 Å². The topological polar surface area (TPSA) is 52.0 Å². The fraction of sp³-hybridized carbons (Fsp3) is 0.812.